The lowest BCUT2D eigenvalue weighted by Crippen LogP contribution is -2.51. The highest BCUT2D eigenvalue weighted by Crippen LogP contribution is 2.14. The van der Waals surface area contributed by atoms with Crippen LogP contribution >= 0.6 is 0 Å². The van der Waals surface area contributed by atoms with E-state index in [2.05, 4.69) is 28.4 Å². The van der Waals surface area contributed by atoms with Gasteiger partial charge in [0.1, 0.15) is 0 Å². The number of aromatic nitrogens is 2. The fourth-order valence-electron chi connectivity index (χ4n) is 2.93. The van der Waals surface area contributed by atoms with Crippen LogP contribution in [-0.2, 0) is 18.2 Å². The second-order valence-electron chi connectivity index (χ2n) is 5.67. The predicted molar refractivity (Wildman–Crippen MR) is 80.8 cm³/mol. The highest BCUT2D eigenvalue weighted by atomic mass is 16.5. The van der Waals surface area contributed by atoms with Crippen LogP contribution in [0.25, 0.3) is 0 Å². The van der Waals surface area contributed by atoms with E-state index in [0.717, 1.165) is 32.5 Å². The van der Waals surface area contributed by atoms with Gasteiger partial charge in [0.15, 0.2) is 0 Å². The van der Waals surface area contributed by atoms with Crippen molar-refractivity contribution in [2.75, 3.05) is 33.3 Å². The van der Waals surface area contributed by atoms with Crippen molar-refractivity contribution in [3.05, 3.63) is 18.0 Å². The maximum absolute atomic E-state index is 5.98. The van der Waals surface area contributed by atoms with E-state index in [1.54, 1.807) is 0 Å². The summed E-state index contributed by atoms with van der Waals surface area (Å²) in [5, 5.41) is 7.66. The fourth-order valence-corrected chi connectivity index (χ4v) is 2.93. The Morgan fingerprint density at radius 1 is 1.55 bits per heavy atom. The minimum Gasteiger partial charge on any atom is -0.374 e. The smallest absolute Gasteiger partial charge is 0.0855 e. The van der Waals surface area contributed by atoms with Crippen molar-refractivity contribution < 1.29 is 4.74 Å². The first-order chi connectivity index (χ1) is 9.72. The molecule has 1 aromatic rings. The highest BCUT2D eigenvalue weighted by Gasteiger charge is 2.26. The molecule has 0 aliphatic carbocycles. The summed E-state index contributed by atoms with van der Waals surface area (Å²) < 4.78 is 7.84. The van der Waals surface area contributed by atoms with Gasteiger partial charge in [0.05, 0.1) is 18.9 Å². The molecule has 1 aliphatic heterocycles. The minimum atomic E-state index is 0.303. The van der Waals surface area contributed by atoms with E-state index >= 15 is 0 Å². The van der Waals surface area contributed by atoms with Crippen LogP contribution in [0.4, 0.5) is 0 Å². The first-order valence-corrected chi connectivity index (χ1v) is 7.71. The van der Waals surface area contributed by atoms with Crippen molar-refractivity contribution in [1.29, 1.82) is 0 Å². The van der Waals surface area contributed by atoms with Gasteiger partial charge < -0.3 is 10.1 Å². The fraction of sp³-hybridized carbons (Fsp3) is 0.800. The average Bonchev–Trinajstić information content (AvgIpc) is 2.86. The van der Waals surface area contributed by atoms with Crippen LogP contribution in [0.5, 0.6) is 0 Å². The molecular weight excluding hydrogens is 252 g/mol. The second-order valence-corrected chi connectivity index (χ2v) is 5.67. The molecular formula is C15H28N4O. The molecule has 0 bridgehead atoms. The number of nitrogens with one attached hydrogen (secondary N) is 1. The monoisotopic (exact) mass is 280 g/mol. The maximum Gasteiger partial charge on any atom is 0.0855 e. The lowest BCUT2D eigenvalue weighted by atomic mass is 10.0. The molecule has 0 saturated carbocycles. The van der Waals surface area contributed by atoms with Crippen LogP contribution in [0.15, 0.2) is 12.4 Å². The van der Waals surface area contributed by atoms with Gasteiger partial charge in [-0.05, 0) is 38.4 Å². The van der Waals surface area contributed by atoms with Gasteiger partial charge in [-0.1, -0.05) is 6.92 Å². The average molecular weight is 280 g/mol. The van der Waals surface area contributed by atoms with Crippen molar-refractivity contribution in [2.45, 2.75) is 38.3 Å². The summed E-state index contributed by atoms with van der Waals surface area (Å²) in [4.78, 5) is 2.52. The molecule has 2 atom stereocenters. The molecule has 2 heterocycles. The Bertz CT molecular complexity index is 391. The van der Waals surface area contributed by atoms with Crippen molar-refractivity contribution in [2.24, 2.45) is 7.05 Å². The Hall–Kier alpha value is -0.910. The molecule has 114 valence electrons. The molecule has 2 rings (SSSR count). The van der Waals surface area contributed by atoms with E-state index < -0.39 is 0 Å². The van der Waals surface area contributed by atoms with Crippen molar-refractivity contribution in [3.8, 4) is 0 Å². The largest absolute Gasteiger partial charge is 0.374 e. The van der Waals surface area contributed by atoms with E-state index in [4.69, 9.17) is 4.74 Å². The third-order valence-corrected chi connectivity index (χ3v) is 4.04. The number of rotatable bonds is 7. The van der Waals surface area contributed by atoms with Gasteiger partial charge in [-0.15, -0.1) is 0 Å². The molecule has 1 fully saturated rings. The SMILES string of the molecule is CCCN1CCOC(C(CCc2cnn(C)c2)NC)C1. The number of morpholine rings is 1. The zero-order valence-electron chi connectivity index (χ0n) is 13.0. The molecule has 2 unspecified atom stereocenters. The number of hydrogen-bond donors (Lipinski definition) is 1. The molecule has 1 N–H and O–H groups in total. The van der Waals surface area contributed by atoms with E-state index in [1.807, 2.05) is 25.0 Å². The van der Waals surface area contributed by atoms with Gasteiger partial charge in [0.2, 0.25) is 0 Å². The normalized spacial score (nSPS) is 22.1. The summed E-state index contributed by atoms with van der Waals surface area (Å²) in [5.41, 5.74) is 1.30. The van der Waals surface area contributed by atoms with E-state index in [-0.39, 0.29) is 0 Å². The van der Waals surface area contributed by atoms with Gasteiger partial charge in [-0.3, -0.25) is 9.58 Å². The van der Waals surface area contributed by atoms with Crippen molar-refractivity contribution >= 4 is 0 Å². The third-order valence-electron chi connectivity index (χ3n) is 4.04. The van der Waals surface area contributed by atoms with Crippen molar-refractivity contribution in [1.82, 2.24) is 20.0 Å². The van der Waals surface area contributed by atoms with Gasteiger partial charge in [-0.25, -0.2) is 0 Å². The molecule has 1 aromatic heterocycles. The molecule has 1 saturated heterocycles. The van der Waals surface area contributed by atoms with Gasteiger partial charge in [-0.2, -0.15) is 5.10 Å². The summed E-state index contributed by atoms with van der Waals surface area (Å²) in [6, 6.07) is 0.412. The summed E-state index contributed by atoms with van der Waals surface area (Å²) in [6.45, 7) is 6.40. The molecule has 0 spiro atoms. The summed E-state index contributed by atoms with van der Waals surface area (Å²) >= 11 is 0. The summed E-state index contributed by atoms with van der Waals surface area (Å²) in [7, 11) is 4.00. The zero-order chi connectivity index (χ0) is 14.4. The number of ether oxygens (including phenoxy) is 1. The lowest BCUT2D eigenvalue weighted by Gasteiger charge is -2.37. The highest BCUT2D eigenvalue weighted by molar-refractivity contribution is 5.04. The first kappa shape index (κ1) is 15.5. The van der Waals surface area contributed by atoms with E-state index in [0.29, 0.717) is 12.1 Å². The molecule has 0 amide bonds. The van der Waals surface area contributed by atoms with Crippen LogP contribution in [-0.4, -0.2) is 60.1 Å². The van der Waals surface area contributed by atoms with Gasteiger partial charge >= 0.3 is 0 Å². The van der Waals surface area contributed by atoms with Crippen LogP contribution in [0.2, 0.25) is 0 Å². The summed E-state index contributed by atoms with van der Waals surface area (Å²) in [6.07, 6.45) is 7.71. The summed E-state index contributed by atoms with van der Waals surface area (Å²) in [5.74, 6) is 0. The Morgan fingerprint density at radius 2 is 2.40 bits per heavy atom. The molecule has 0 aromatic carbocycles. The molecule has 1 aliphatic rings. The van der Waals surface area contributed by atoms with Crippen LogP contribution in [0.3, 0.4) is 0 Å². The Kier molecular flexibility index (Phi) is 6.01. The van der Waals surface area contributed by atoms with E-state index in [1.165, 1.54) is 18.5 Å². The third kappa shape index (κ3) is 4.30. The Labute approximate surface area is 122 Å². The first-order valence-electron chi connectivity index (χ1n) is 7.71. The standard InChI is InChI=1S/C15H28N4O/c1-4-7-19-8-9-20-15(12-19)14(16-2)6-5-13-10-17-18(3)11-13/h10-11,14-16H,4-9,12H2,1-3H3. The van der Waals surface area contributed by atoms with Crippen LogP contribution in [0, 0.1) is 0 Å². The molecule has 20 heavy (non-hydrogen) atoms. The number of nitrogens with zero attached hydrogens (tertiary/aromatic N) is 3. The number of aryl methyl sites for hydroxylation is 2. The van der Waals surface area contributed by atoms with E-state index in [9.17, 15) is 0 Å². The zero-order valence-corrected chi connectivity index (χ0v) is 13.0. The quantitative estimate of drug-likeness (QED) is 0.811. The van der Waals surface area contributed by atoms with Crippen LogP contribution < -0.4 is 5.32 Å². The Balaban J connectivity index is 1.84. The predicted octanol–water partition coefficient (Wildman–Crippen LogP) is 1.05. The lowest BCUT2D eigenvalue weighted by molar-refractivity contribution is -0.0463. The minimum absolute atomic E-state index is 0.303. The van der Waals surface area contributed by atoms with Crippen LogP contribution in [0.1, 0.15) is 25.3 Å². The maximum atomic E-state index is 5.98. The topological polar surface area (TPSA) is 42.3 Å². The number of likely N-dealkylation sites (N-methyl/N-ethyl adjacent to an activating group) is 1. The molecule has 5 heteroatoms. The van der Waals surface area contributed by atoms with Gasteiger partial charge in [0.25, 0.3) is 0 Å². The second kappa shape index (κ2) is 7.76. The molecule has 5 nitrogen and oxygen atoms in total. The van der Waals surface area contributed by atoms with Gasteiger partial charge in [0, 0.05) is 32.4 Å². The molecule has 0 radical (unpaired) electrons. The van der Waals surface area contributed by atoms with Crippen molar-refractivity contribution in [3.63, 3.8) is 0 Å². The number of hydrogen-bond acceptors (Lipinski definition) is 4. The Morgan fingerprint density at radius 3 is 3.05 bits per heavy atom.